The predicted octanol–water partition coefficient (Wildman–Crippen LogP) is 3.42. The van der Waals surface area contributed by atoms with Crippen molar-refractivity contribution in [3.05, 3.63) is 11.6 Å². The molecule has 1 saturated carbocycles. The first kappa shape index (κ1) is 15.8. The summed E-state index contributed by atoms with van der Waals surface area (Å²) >= 11 is 4.23. The molecule has 5 heteroatoms. The van der Waals surface area contributed by atoms with Crippen LogP contribution in [0, 0.1) is 11.3 Å². The molecule has 0 aromatic rings. The highest BCUT2D eigenvalue weighted by Crippen LogP contribution is 2.60. The summed E-state index contributed by atoms with van der Waals surface area (Å²) in [5.74, 6) is 2.69. The first-order valence-corrected chi connectivity index (χ1v) is 10.7. The lowest BCUT2D eigenvalue weighted by molar-refractivity contribution is -0.243. The van der Waals surface area contributed by atoms with Crippen molar-refractivity contribution in [2.24, 2.45) is 11.3 Å². The number of aliphatic hydroxyl groups is 1. The van der Waals surface area contributed by atoms with Crippen LogP contribution in [0.2, 0.25) is 0 Å². The quantitative estimate of drug-likeness (QED) is 0.739. The van der Waals surface area contributed by atoms with E-state index in [2.05, 4.69) is 36.5 Å². The van der Waals surface area contributed by atoms with Gasteiger partial charge in [0.05, 0.1) is 23.9 Å². The number of ether oxygens (including phenoxy) is 2. The summed E-state index contributed by atoms with van der Waals surface area (Å²) in [6.45, 7) is 3.74. The van der Waals surface area contributed by atoms with Crippen LogP contribution in [0.5, 0.6) is 0 Å². The smallest absolute Gasteiger partial charge is 0.177 e. The Morgan fingerprint density at radius 1 is 1.14 bits per heavy atom. The number of thioether (sulfide) groups is 2. The Kier molecular flexibility index (Phi) is 4.31. The largest absolute Gasteiger partial charge is 0.389 e. The first-order chi connectivity index (χ1) is 10.6. The van der Waals surface area contributed by atoms with Crippen molar-refractivity contribution in [1.29, 1.82) is 0 Å². The molecule has 2 aliphatic heterocycles. The Morgan fingerprint density at radius 3 is 2.59 bits per heavy atom. The lowest BCUT2D eigenvalue weighted by Gasteiger charge is -2.55. The summed E-state index contributed by atoms with van der Waals surface area (Å²) < 4.78 is 13.0. The van der Waals surface area contributed by atoms with Gasteiger partial charge in [0.15, 0.2) is 5.79 Å². The molecule has 22 heavy (non-hydrogen) atoms. The van der Waals surface area contributed by atoms with Crippen LogP contribution >= 0.6 is 23.5 Å². The van der Waals surface area contributed by atoms with Gasteiger partial charge in [0, 0.05) is 17.8 Å². The van der Waals surface area contributed by atoms with E-state index in [-0.39, 0.29) is 11.5 Å². The van der Waals surface area contributed by atoms with E-state index in [0.29, 0.717) is 23.7 Å². The molecule has 0 bridgehead atoms. The highest BCUT2D eigenvalue weighted by atomic mass is 32.2. The van der Waals surface area contributed by atoms with Gasteiger partial charge >= 0.3 is 0 Å². The third-order valence-corrected chi connectivity index (χ3v) is 9.09. The molecule has 0 aromatic heterocycles. The van der Waals surface area contributed by atoms with Gasteiger partial charge in [-0.05, 0) is 37.2 Å². The van der Waals surface area contributed by atoms with Crippen LogP contribution in [0.1, 0.15) is 39.0 Å². The fourth-order valence-corrected chi connectivity index (χ4v) is 7.98. The summed E-state index contributed by atoms with van der Waals surface area (Å²) in [4.78, 5) is 0. The van der Waals surface area contributed by atoms with Gasteiger partial charge in [-0.25, -0.2) is 0 Å². The molecule has 2 aliphatic carbocycles. The molecule has 4 rings (SSSR count). The fraction of sp³-hybridized carbons (Fsp3) is 0.882. The van der Waals surface area contributed by atoms with Crippen molar-refractivity contribution in [1.82, 2.24) is 0 Å². The fourth-order valence-electron chi connectivity index (χ4n) is 4.71. The third-order valence-electron chi connectivity index (χ3n) is 5.91. The second-order valence-electron chi connectivity index (χ2n) is 7.12. The average molecular weight is 343 g/mol. The van der Waals surface area contributed by atoms with Gasteiger partial charge < -0.3 is 14.6 Å². The van der Waals surface area contributed by atoms with Crippen molar-refractivity contribution in [2.45, 2.75) is 55.5 Å². The normalized spacial score (nSPS) is 42.2. The van der Waals surface area contributed by atoms with Crippen LogP contribution in [-0.2, 0) is 9.47 Å². The Hall–Kier alpha value is 0.320. The van der Waals surface area contributed by atoms with Crippen molar-refractivity contribution in [2.75, 3.05) is 24.7 Å². The van der Waals surface area contributed by atoms with Gasteiger partial charge in [-0.3, -0.25) is 0 Å². The minimum Gasteiger partial charge on any atom is -0.389 e. The average Bonchev–Trinajstić information content (AvgIpc) is 3.01. The highest BCUT2D eigenvalue weighted by Gasteiger charge is 2.60. The molecular formula is C17H26O3S2. The van der Waals surface area contributed by atoms with Gasteiger partial charge in [0.25, 0.3) is 0 Å². The van der Waals surface area contributed by atoms with Crippen LogP contribution in [0.25, 0.3) is 0 Å². The van der Waals surface area contributed by atoms with E-state index in [1.165, 1.54) is 23.5 Å². The maximum Gasteiger partial charge on any atom is 0.177 e. The van der Waals surface area contributed by atoms with E-state index in [9.17, 15) is 5.11 Å². The van der Waals surface area contributed by atoms with Crippen LogP contribution in [-0.4, -0.2) is 46.3 Å². The van der Waals surface area contributed by atoms with E-state index >= 15 is 0 Å². The van der Waals surface area contributed by atoms with Crippen molar-refractivity contribution in [3.8, 4) is 0 Å². The van der Waals surface area contributed by atoms with Gasteiger partial charge in [-0.1, -0.05) is 18.6 Å². The maximum atomic E-state index is 10.2. The highest BCUT2D eigenvalue weighted by molar-refractivity contribution is 8.17. The van der Waals surface area contributed by atoms with Crippen LogP contribution < -0.4 is 0 Å². The second-order valence-corrected chi connectivity index (χ2v) is 9.92. The molecule has 1 N–H and O–H groups in total. The van der Waals surface area contributed by atoms with Crippen LogP contribution in [0.3, 0.4) is 0 Å². The Bertz CT molecular complexity index is 455. The van der Waals surface area contributed by atoms with Gasteiger partial charge in [-0.15, -0.1) is 23.5 Å². The van der Waals surface area contributed by atoms with Crippen molar-refractivity contribution < 1.29 is 14.6 Å². The lowest BCUT2D eigenvalue weighted by Crippen LogP contribution is -2.56. The molecule has 124 valence electrons. The van der Waals surface area contributed by atoms with E-state index in [1.54, 1.807) is 0 Å². The minimum atomic E-state index is -0.431. The summed E-state index contributed by atoms with van der Waals surface area (Å²) in [6.07, 6.45) is 7.10. The molecule has 2 heterocycles. The molecule has 0 aromatic carbocycles. The maximum absolute atomic E-state index is 10.2. The molecule has 3 fully saturated rings. The van der Waals surface area contributed by atoms with E-state index in [0.717, 1.165) is 25.7 Å². The molecule has 4 aliphatic rings. The van der Waals surface area contributed by atoms with E-state index in [4.69, 9.17) is 9.47 Å². The lowest BCUT2D eigenvalue weighted by atomic mass is 9.58. The van der Waals surface area contributed by atoms with Crippen molar-refractivity contribution >= 4 is 23.5 Å². The second kappa shape index (κ2) is 5.99. The Balaban J connectivity index is 1.69. The Labute approximate surface area is 141 Å². The number of fused-ring (bicyclic) bond motifs is 2. The first-order valence-electron chi connectivity index (χ1n) is 8.56. The predicted molar refractivity (Wildman–Crippen MR) is 92.1 cm³/mol. The molecule has 0 radical (unpaired) electrons. The number of hydrogen-bond donors (Lipinski definition) is 1. The number of aliphatic hydroxyl groups excluding tert-OH is 1. The summed E-state index contributed by atoms with van der Waals surface area (Å²) in [5.41, 5.74) is 1.36. The minimum absolute atomic E-state index is 0.0653. The SMILES string of the molecule is C[C@@]12CC[C@H](O)C=C1[C@H](C1SCCCS1)CCC21OCCO1. The number of hydrogen-bond acceptors (Lipinski definition) is 5. The molecular weight excluding hydrogens is 316 g/mol. The van der Waals surface area contributed by atoms with Crippen LogP contribution in [0.15, 0.2) is 11.6 Å². The summed E-state index contributed by atoms with van der Waals surface area (Å²) in [6, 6.07) is 0. The summed E-state index contributed by atoms with van der Waals surface area (Å²) in [7, 11) is 0. The number of rotatable bonds is 1. The zero-order valence-electron chi connectivity index (χ0n) is 13.3. The monoisotopic (exact) mass is 342 g/mol. The van der Waals surface area contributed by atoms with Gasteiger partial charge in [-0.2, -0.15) is 0 Å². The van der Waals surface area contributed by atoms with Crippen LogP contribution in [0.4, 0.5) is 0 Å². The third kappa shape index (κ3) is 2.39. The van der Waals surface area contributed by atoms with E-state index < -0.39 is 5.79 Å². The molecule has 3 atom stereocenters. The topological polar surface area (TPSA) is 38.7 Å². The molecule has 0 unspecified atom stereocenters. The molecule has 1 spiro atoms. The molecule has 0 amide bonds. The standard InChI is InChI=1S/C17H26O3S2/c1-16-5-3-12(18)11-14(16)13(15-21-9-2-10-22-15)4-6-17(16)19-7-8-20-17/h11-13,15,18H,2-10H2,1H3/t12-,13+,16+/m0/s1. The van der Waals surface area contributed by atoms with Gasteiger partial charge in [0.1, 0.15) is 0 Å². The zero-order valence-corrected chi connectivity index (χ0v) is 14.9. The molecule has 2 saturated heterocycles. The van der Waals surface area contributed by atoms with Crippen molar-refractivity contribution in [3.63, 3.8) is 0 Å². The Morgan fingerprint density at radius 2 is 1.86 bits per heavy atom. The van der Waals surface area contributed by atoms with E-state index in [1.807, 2.05) is 0 Å². The zero-order chi connectivity index (χ0) is 15.2. The molecule has 3 nitrogen and oxygen atoms in total. The summed E-state index contributed by atoms with van der Waals surface area (Å²) in [5, 5.41) is 10.2. The van der Waals surface area contributed by atoms with Gasteiger partial charge in [0.2, 0.25) is 0 Å².